The first-order valence-corrected chi connectivity index (χ1v) is 10.7. The van der Waals surface area contributed by atoms with Crippen LogP contribution in [0.5, 0.6) is 11.6 Å². The van der Waals surface area contributed by atoms with Gasteiger partial charge in [0.2, 0.25) is 11.5 Å². The highest BCUT2D eigenvalue weighted by Crippen LogP contribution is 2.27. The second-order valence-corrected chi connectivity index (χ2v) is 8.00. The van der Waals surface area contributed by atoms with Crippen LogP contribution in [-0.4, -0.2) is 30.2 Å². The van der Waals surface area contributed by atoms with E-state index in [9.17, 15) is 14.4 Å². The average Bonchev–Trinajstić information content (AvgIpc) is 2.83. The Morgan fingerprint density at radius 3 is 2.51 bits per heavy atom. The van der Waals surface area contributed by atoms with Crippen LogP contribution in [0.4, 0.5) is 5.69 Å². The zero-order valence-corrected chi connectivity index (χ0v) is 19.3. The van der Waals surface area contributed by atoms with Crippen molar-refractivity contribution in [2.24, 2.45) is 12.0 Å². The molecule has 2 N–H and O–H groups in total. The normalized spacial score (nSPS) is 11.5. The van der Waals surface area contributed by atoms with Crippen molar-refractivity contribution in [3.8, 4) is 11.6 Å². The largest absolute Gasteiger partial charge is 0.477 e. The lowest BCUT2D eigenvalue weighted by Gasteiger charge is -2.10. The Morgan fingerprint density at radius 2 is 1.83 bits per heavy atom. The minimum Gasteiger partial charge on any atom is -0.477 e. The molecule has 0 spiro atoms. The Bertz CT molecular complexity index is 1600. The summed E-state index contributed by atoms with van der Waals surface area (Å²) in [4.78, 5) is 47.4. The van der Waals surface area contributed by atoms with Gasteiger partial charge in [0.05, 0.1) is 12.2 Å². The second-order valence-electron chi connectivity index (χ2n) is 8.00. The molecule has 10 heteroatoms. The van der Waals surface area contributed by atoms with Crippen LogP contribution in [0.25, 0.3) is 0 Å². The Kier molecular flexibility index (Phi) is 6.45. The maximum absolute atomic E-state index is 12.8. The third-order valence-electron chi connectivity index (χ3n) is 5.31. The Labute approximate surface area is 199 Å². The van der Waals surface area contributed by atoms with Gasteiger partial charge in [-0.05, 0) is 49.2 Å². The Hall–Kier alpha value is -4.73. The van der Waals surface area contributed by atoms with Crippen molar-refractivity contribution in [3.05, 3.63) is 110 Å². The number of nitrogens with one attached hydrogen (secondary N) is 1. The molecule has 35 heavy (non-hydrogen) atoms. The number of benzene rings is 2. The van der Waals surface area contributed by atoms with Crippen LogP contribution in [-0.2, 0) is 13.6 Å². The van der Waals surface area contributed by atoms with E-state index in [0.717, 1.165) is 15.7 Å². The fourth-order valence-electron chi connectivity index (χ4n) is 3.36. The molecule has 0 amide bonds. The summed E-state index contributed by atoms with van der Waals surface area (Å²) in [6.45, 7) is 4.00. The molecule has 0 saturated carbocycles. The molecular formula is C25H23N5O5. The number of aromatic amines is 1. The molecule has 2 heterocycles. The van der Waals surface area contributed by atoms with Gasteiger partial charge in [-0.3, -0.25) is 9.55 Å². The van der Waals surface area contributed by atoms with Crippen LogP contribution >= 0.6 is 0 Å². The van der Waals surface area contributed by atoms with Crippen LogP contribution in [0, 0.1) is 13.8 Å². The van der Waals surface area contributed by atoms with Crippen LogP contribution < -0.4 is 21.7 Å². The number of aromatic carboxylic acids is 1. The van der Waals surface area contributed by atoms with Gasteiger partial charge in [-0.25, -0.2) is 28.9 Å². The molecule has 178 valence electrons. The standard InChI is InChI=1S/C25H23N5O5/c1-15-7-9-17(10-8-15)14-30-23(28-24(33)29(3)25(30)34)26-18-11-12-20(16(2)13-18)35-21-6-4-5-19(27-21)22(31)32/h4-13H,14H2,1-3H3,(H,31,32)(H,26,28,33). The lowest BCUT2D eigenvalue weighted by atomic mass is 10.1. The molecule has 0 aliphatic rings. The van der Waals surface area contributed by atoms with Crippen molar-refractivity contribution in [1.82, 2.24) is 19.1 Å². The molecule has 0 aliphatic carbocycles. The first-order chi connectivity index (χ1) is 16.7. The third-order valence-corrected chi connectivity index (χ3v) is 5.31. The van der Waals surface area contributed by atoms with Gasteiger partial charge in [-0.1, -0.05) is 35.9 Å². The number of H-pyrrole nitrogens is 1. The Balaban J connectivity index is 1.71. The molecule has 10 nitrogen and oxygen atoms in total. The molecule has 2 aromatic heterocycles. The third kappa shape index (κ3) is 5.27. The van der Waals surface area contributed by atoms with Crippen molar-refractivity contribution in [1.29, 1.82) is 0 Å². The topological polar surface area (TPSA) is 132 Å². The number of hydrogen-bond acceptors (Lipinski definition) is 6. The monoisotopic (exact) mass is 473 g/mol. The van der Waals surface area contributed by atoms with Gasteiger partial charge in [0.1, 0.15) is 5.75 Å². The molecule has 2 aromatic carbocycles. The number of hydrogen-bond donors (Lipinski definition) is 2. The van der Waals surface area contributed by atoms with Crippen molar-refractivity contribution in [2.45, 2.75) is 20.4 Å². The summed E-state index contributed by atoms with van der Waals surface area (Å²) in [6.07, 6.45) is 0. The second kappa shape index (κ2) is 9.64. The number of rotatable bonds is 6. The number of carboxylic acids is 1. The number of aryl methyl sites for hydroxylation is 2. The summed E-state index contributed by atoms with van der Waals surface area (Å²) in [5.41, 5.74) is 2.10. The molecule has 0 fully saturated rings. The molecule has 0 bridgehead atoms. The molecule has 0 radical (unpaired) electrons. The summed E-state index contributed by atoms with van der Waals surface area (Å²) in [6, 6.07) is 17.3. The van der Waals surface area contributed by atoms with E-state index in [2.05, 4.69) is 15.0 Å². The molecular weight excluding hydrogens is 450 g/mol. The van der Waals surface area contributed by atoms with E-state index in [0.29, 0.717) is 17.0 Å². The minimum absolute atomic E-state index is 0.113. The number of nitrogens with zero attached hydrogens (tertiary/aromatic N) is 4. The zero-order chi connectivity index (χ0) is 25.1. The number of carbonyl (C=O) groups is 1. The molecule has 0 unspecified atom stereocenters. The SMILES string of the molecule is Cc1ccc(Cn2c(=O)n(C)c(=O)[nH]/c2=N\c2ccc(Oc3cccc(C(=O)O)n3)c(C)c2)cc1. The van der Waals surface area contributed by atoms with Crippen LogP contribution in [0.15, 0.2) is 75.2 Å². The zero-order valence-electron chi connectivity index (χ0n) is 19.3. The smallest absolute Gasteiger partial charge is 0.354 e. The van der Waals surface area contributed by atoms with Gasteiger partial charge < -0.3 is 9.84 Å². The van der Waals surface area contributed by atoms with E-state index in [1.54, 1.807) is 37.3 Å². The predicted octanol–water partition coefficient (Wildman–Crippen LogP) is 2.66. The summed E-state index contributed by atoms with van der Waals surface area (Å²) in [5.74, 6) is -0.545. The van der Waals surface area contributed by atoms with E-state index in [-0.39, 0.29) is 23.7 Å². The van der Waals surface area contributed by atoms with Gasteiger partial charge in [-0.2, -0.15) is 0 Å². The lowest BCUT2D eigenvalue weighted by molar-refractivity contribution is 0.0689. The van der Waals surface area contributed by atoms with Gasteiger partial charge in [0, 0.05) is 13.1 Å². The highest BCUT2D eigenvalue weighted by atomic mass is 16.5. The highest BCUT2D eigenvalue weighted by molar-refractivity contribution is 5.85. The maximum Gasteiger partial charge on any atom is 0.354 e. The van der Waals surface area contributed by atoms with Crippen LogP contribution in [0.3, 0.4) is 0 Å². The molecule has 4 aromatic rings. The molecule has 4 rings (SSSR count). The van der Waals surface area contributed by atoms with Gasteiger partial charge >= 0.3 is 17.3 Å². The fourth-order valence-corrected chi connectivity index (χ4v) is 3.36. The van der Waals surface area contributed by atoms with E-state index < -0.39 is 17.3 Å². The van der Waals surface area contributed by atoms with Gasteiger partial charge in [-0.15, -0.1) is 0 Å². The van der Waals surface area contributed by atoms with E-state index >= 15 is 0 Å². The average molecular weight is 473 g/mol. The van der Waals surface area contributed by atoms with Crippen LogP contribution in [0.1, 0.15) is 27.2 Å². The quantitative estimate of drug-likeness (QED) is 0.443. The van der Waals surface area contributed by atoms with Crippen molar-refractivity contribution in [2.75, 3.05) is 0 Å². The lowest BCUT2D eigenvalue weighted by Crippen LogP contribution is -2.48. The van der Waals surface area contributed by atoms with E-state index in [1.807, 2.05) is 31.2 Å². The molecule has 0 saturated heterocycles. The summed E-state index contributed by atoms with van der Waals surface area (Å²) >= 11 is 0. The minimum atomic E-state index is -1.15. The van der Waals surface area contributed by atoms with E-state index in [4.69, 9.17) is 9.84 Å². The van der Waals surface area contributed by atoms with Crippen molar-refractivity contribution < 1.29 is 14.6 Å². The fraction of sp³-hybridized carbons (Fsp3) is 0.160. The van der Waals surface area contributed by atoms with Crippen molar-refractivity contribution in [3.63, 3.8) is 0 Å². The predicted molar refractivity (Wildman–Crippen MR) is 128 cm³/mol. The summed E-state index contributed by atoms with van der Waals surface area (Å²) < 4.78 is 8.13. The molecule has 0 aliphatic heterocycles. The summed E-state index contributed by atoms with van der Waals surface area (Å²) in [5, 5.41) is 9.11. The first kappa shape index (κ1) is 23.4. The van der Waals surface area contributed by atoms with Gasteiger partial charge in [0.25, 0.3) is 0 Å². The van der Waals surface area contributed by atoms with E-state index in [1.165, 1.54) is 17.7 Å². The Morgan fingerprint density at radius 1 is 1.09 bits per heavy atom. The van der Waals surface area contributed by atoms with Crippen LogP contribution in [0.2, 0.25) is 0 Å². The number of aromatic nitrogens is 4. The summed E-state index contributed by atoms with van der Waals surface area (Å²) in [7, 11) is 1.40. The number of carboxylic acid groups (broad SMARTS) is 1. The first-order valence-electron chi connectivity index (χ1n) is 10.7. The van der Waals surface area contributed by atoms with Crippen molar-refractivity contribution >= 4 is 11.7 Å². The maximum atomic E-state index is 12.8. The van der Waals surface area contributed by atoms with Gasteiger partial charge in [0.15, 0.2) is 5.69 Å². The highest BCUT2D eigenvalue weighted by Gasteiger charge is 2.10. The number of pyridine rings is 1. The number of ether oxygens (including phenoxy) is 1. The molecule has 0 atom stereocenters.